The number of furan rings is 1. The fraction of sp³-hybridized carbons (Fsp3) is 0.292. The number of ether oxygens (including phenoxy) is 1. The molecule has 0 bridgehead atoms. The molecule has 2 amide bonds. The molecule has 1 aromatic heterocycles. The summed E-state index contributed by atoms with van der Waals surface area (Å²) in [4.78, 5) is 17.0. The van der Waals surface area contributed by atoms with E-state index in [0.29, 0.717) is 25.4 Å². The monoisotopic (exact) mass is 423 g/mol. The first-order valence-corrected chi connectivity index (χ1v) is 10.3. The molecular weight excluding hydrogens is 397 g/mol. The predicted molar refractivity (Wildman–Crippen MR) is 115 cm³/mol. The first-order valence-electron chi connectivity index (χ1n) is 10.3. The average molecular weight is 423 g/mol. The molecule has 1 fully saturated rings. The van der Waals surface area contributed by atoms with E-state index in [0.717, 1.165) is 24.2 Å². The van der Waals surface area contributed by atoms with Crippen molar-refractivity contribution in [3.05, 3.63) is 89.6 Å². The Morgan fingerprint density at radius 2 is 1.87 bits per heavy atom. The number of benzene rings is 2. The maximum Gasteiger partial charge on any atom is 0.318 e. The highest BCUT2D eigenvalue weighted by molar-refractivity contribution is 5.75. The predicted octanol–water partition coefficient (Wildman–Crippen LogP) is 4.04. The van der Waals surface area contributed by atoms with Gasteiger partial charge in [-0.3, -0.25) is 4.90 Å². The first-order chi connectivity index (χ1) is 15.1. The number of hydrogen-bond donors (Lipinski definition) is 1. The summed E-state index contributed by atoms with van der Waals surface area (Å²) in [5.74, 6) is 0.581. The molecule has 3 aromatic rings. The molecular formula is C24H26FN3O3. The molecule has 6 nitrogen and oxygen atoms in total. The zero-order chi connectivity index (χ0) is 21.6. The Hall–Kier alpha value is -3.32. The molecule has 7 heteroatoms. The lowest BCUT2D eigenvalue weighted by Crippen LogP contribution is -2.52. The lowest BCUT2D eigenvalue weighted by molar-refractivity contribution is 0.133. The molecule has 162 valence electrons. The number of carbonyl (C=O) groups excluding carboxylic acids is 1. The van der Waals surface area contributed by atoms with Gasteiger partial charge in [-0.05, 0) is 35.4 Å². The summed E-state index contributed by atoms with van der Waals surface area (Å²) in [7, 11) is 1.45. The molecule has 0 radical (unpaired) electrons. The van der Waals surface area contributed by atoms with Gasteiger partial charge >= 0.3 is 6.03 Å². The van der Waals surface area contributed by atoms with Crippen molar-refractivity contribution in [1.82, 2.24) is 15.1 Å². The zero-order valence-corrected chi connectivity index (χ0v) is 17.5. The summed E-state index contributed by atoms with van der Waals surface area (Å²) in [6.07, 6.45) is 1.61. The molecule has 1 N–H and O–H groups in total. The van der Waals surface area contributed by atoms with Gasteiger partial charge in [-0.15, -0.1) is 0 Å². The molecule has 1 aliphatic rings. The minimum atomic E-state index is -0.358. The highest BCUT2D eigenvalue weighted by atomic mass is 19.1. The average Bonchev–Trinajstić information content (AvgIpc) is 3.33. The first kappa shape index (κ1) is 20.9. The summed E-state index contributed by atoms with van der Waals surface area (Å²) in [5.41, 5.74) is 1.85. The maximum absolute atomic E-state index is 13.9. The van der Waals surface area contributed by atoms with Crippen LogP contribution < -0.4 is 10.1 Å². The molecule has 0 saturated carbocycles. The number of methoxy groups -OCH3 is 1. The third-order valence-corrected chi connectivity index (χ3v) is 5.51. The number of carbonyl (C=O) groups is 1. The summed E-state index contributed by atoms with van der Waals surface area (Å²) in [6, 6.07) is 18.0. The van der Waals surface area contributed by atoms with Crippen molar-refractivity contribution < 1.29 is 18.3 Å². The smallest absolute Gasteiger partial charge is 0.318 e. The van der Waals surface area contributed by atoms with E-state index < -0.39 is 0 Å². The number of piperazine rings is 1. The van der Waals surface area contributed by atoms with Gasteiger partial charge in [0.15, 0.2) is 11.6 Å². The van der Waals surface area contributed by atoms with E-state index >= 15 is 0 Å². The van der Waals surface area contributed by atoms with Crippen LogP contribution in [-0.2, 0) is 6.54 Å². The Morgan fingerprint density at radius 1 is 1.10 bits per heavy atom. The third-order valence-electron chi connectivity index (χ3n) is 5.51. The molecule has 4 rings (SSSR count). The molecule has 1 atom stereocenters. The maximum atomic E-state index is 13.9. The fourth-order valence-electron chi connectivity index (χ4n) is 3.81. The van der Waals surface area contributed by atoms with Gasteiger partial charge in [-0.2, -0.15) is 0 Å². The van der Waals surface area contributed by atoms with Crippen LogP contribution in [0, 0.1) is 5.82 Å². The van der Waals surface area contributed by atoms with E-state index in [9.17, 15) is 9.18 Å². The van der Waals surface area contributed by atoms with E-state index in [1.54, 1.807) is 12.3 Å². The van der Waals surface area contributed by atoms with Gasteiger partial charge < -0.3 is 19.4 Å². The molecule has 1 saturated heterocycles. The molecule has 1 unspecified atom stereocenters. The lowest BCUT2D eigenvalue weighted by atomic mass is 10.0. The number of halogens is 1. The van der Waals surface area contributed by atoms with Gasteiger partial charge in [0, 0.05) is 32.7 Å². The number of rotatable bonds is 6. The van der Waals surface area contributed by atoms with Crippen molar-refractivity contribution in [2.45, 2.75) is 12.6 Å². The van der Waals surface area contributed by atoms with Crippen LogP contribution in [-0.4, -0.2) is 49.1 Å². The van der Waals surface area contributed by atoms with Gasteiger partial charge in [-0.25, -0.2) is 9.18 Å². The molecule has 0 spiro atoms. The summed E-state index contributed by atoms with van der Waals surface area (Å²) < 4.78 is 24.5. The van der Waals surface area contributed by atoms with E-state index in [2.05, 4.69) is 10.2 Å². The molecule has 2 aromatic carbocycles. The SMILES string of the molecule is COc1ccc(CN2CCN(C(=O)NC(c3ccccc3)c3ccco3)CC2)cc1F. The van der Waals surface area contributed by atoms with Gasteiger partial charge in [0.25, 0.3) is 0 Å². The van der Waals surface area contributed by atoms with Gasteiger partial charge in [0.05, 0.1) is 13.4 Å². The summed E-state index contributed by atoms with van der Waals surface area (Å²) in [6.45, 7) is 3.28. The van der Waals surface area contributed by atoms with Crippen LogP contribution in [0.3, 0.4) is 0 Å². The van der Waals surface area contributed by atoms with Crippen molar-refractivity contribution in [3.8, 4) is 5.75 Å². The summed E-state index contributed by atoms with van der Waals surface area (Å²) in [5, 5.41) is 3.10. The van der Waals surface area contributed by atoms with Crippen molar-refractivity contribution in [3.63, 3.8) is 0 Å². The minimum absolute atomic E-state index is 0.125. The van der Waals surface area contributed by atoms with E-state index in [1.807, 2.05) is 53.4 Å². The zero-order valence-electron chi connectivity index (χ0n) is 17.5. The quantitative estimate of drug-likeness (QED) is 0.650. The normalized spacial score (nSPS) is 15.5. The van der Waals surface area contributed by atoms with E-state index in [4.69, 9.17) is 9.15 Å². The van der Waals surface area contributed by atoms with Gasteiger partial charge in [0.2, 0.25) is 0 Å². The Balaban J connectivity index is 1.35. The molecule has 2 heterocycles. The van der Waals surface area contributed by atoms with Crippen molar-refractivity contribution in [2.24, 2.45) is 0 Å². The van der Waals surface area contributed by atoms with Crippen molar-refractivity contribution >= 4 is 6.03 Å². The van der Waals surface area contributed by atoms with E-state index in [-0.39, 0.29) is 23.6 Å². The topological polar surface area (TPSA) is 58.0 Å². The Labute approximate surface area is 181 Å². The highest BCUT2D eigenvalue weighted by Crippen LogP contribution is 2.23. The van der Waals surface area contributed by atoms with Gasteiger partial charge in [0.1, 0.15) is 11.8 Å². The second-order valence-electron chi connectivity index (χ2n) is 7.54. The number of urea groups is 1. The molecule has 0 aliphatic carbocycles. The lowest BCUT2D eigenvalue weighted by Gasteiger charge is -2.35. The second kappa shape index (κ2) is 9.66. The second-order valence-corrected chi connectivity index (χ2v) is 7.54. The van der Waals surface area contributed by atoms with Crippen molar-refractivity contribution in [1.29, 1.82) is 0 Å². The largest absolute Gasteiger partial charge is 0.494 e. The Bertz CT molecular complexity index is 987. The van der Waals surface area contributed by atoms with E-state index in [1.165, 1.54) is 13.2 Å². The van der Waals surface area contributed by atoms with Crippen LogP contribution in [0.5, 0.6) is 5.75 Å². The highest BCUT2D eigenvalue weighted by Gasteiger charge is 2.25. The van der Waals surface area contributed by atoms with Crippen LogP contribution in [0.25, 0.3) is 0 Å². The standard InChI is InChI=1S/C24H26FN3O3/c1-30-21-10-9-18(16-20(21)25)17-27-11-13-28(14-12-27)24(29)26-23(22-8-5-15-31-22)19-6-3-2-4-7-19/h2-10,15-16,23H,11-14,17H2,1H3,(H,26,29). The van der Waals surface area contributed by atoms with Crippen LogP contribution in [0.15, 0.2) is 71.3 Å². The third kappa shape index (κ3) is 5.06. The number of amides is 2. The fourth-order valence-corrected chi connectivity index (χ4v) is 3.81. The van der Waals surface area contributed by atoms with Crippen LogP contribution in [0.2, 0.25) is 0 Å². The van der Waals surface area contributed by atoms with Gasteiger partial charge in [-0.1, -0.05) is 36.4 Å². The minimum Gasteiger partial charge on any atom is -0.494 e. The number of nitrogens with one attached hydrogen (secondary N) is 1. The molecule has 31 heavy (non-hydrogen) atoms. The molecule has 1 aliphatic heterocycles. The number of hydrogen-bond acceptors (Lipinski definition) is 4. The number of nitrogens with zero attached hydrogens (tertiary/aromatic N) is 2. The van der Waals surface area contributed by atoms with Crippen LogP contribution in [0.4, 0.5) is 9.18 Å². The summed E-state index contributed by atoms with van der Waals surface area (Å²) >= 11 is 0. The van der Waals surface area contributed by atoms with Crippen LogP contribution in [0.1, 0.15) is 22.9 Å². The Kier molecular flexibility index (Phi) is 6.52. The van der Waals surface area contributed by atoms with Crippen LogP contribution >= 0.6 is 0 Å². The Morgan fingerprint density at radius 3 is 2.52 bits per heavy atom. The van der Waals surface area contributed by atoms with Crippen molar-refractivity contribution in [2.75, 3.05) is 33.3 Å².